The molecule has 0 N–H and O–H groups in total. The average molecular weight is 258 g/mol. The second-order valence-corrected chi connectivity index (χ2v) is 5.12. The van der Waals surface area contributed by atoms with Crippen LogP contribution >= 0.6 is 0 Å². The Labute approximate surface area is 117 Å². The lowest BCUT2D eigenvalue weighted by Crippen LogP contribution is -1.86. The molecule has 0 aliphatic heterocycles. The van der Waals surface area contributed by atoms with Crippen LogP contribution in [0.5, 0.6) is 0 Å². The molecule has 1 heterocycles. The molecule has 0 bridgehead atoms. The van der Waals surface area contributed by atoms with E-state index in [1.165, 1.54) is 27.3 Å². The molecule has 0 fully saturated rings. The van der Waals surface area contributed by atoms with Gasteiger partial charge in [0.25, 0.3) is 0 Å². The molecule has 1 nitrogen and oxygen atoms in total. The van der Waals surface area contributed by atoms with Gasteiger partial charge in [-0.25, -0.2) is 0 Å². The molecular formula is C19H14O. The Morgan fingerprint density at radius 2 is 1.55 bits per heavy atom. The summed E-state index contributed by atoms with van der Waals surface area (Å²) < 4.78 is 5.61. The second kappa shape index (κ2) is 4.53. The zero-order valence-corrected chi connectivity index (χ0v) is 11.0. The SMILES string of the molecule is c1ccc2cc(Cc3coc4ccccc34)ccc2c1. The summed E-state index contributed by atoms with van der Waals surface area (Å²) >= 11 is 0. The molecule has 0 unspecified atom stereocenters. The summed E-state index contributed by atoms with van der Waals surface area (Å²) in [7, 11) is 0. The van der Waals surface area contributed by atoms with E-state index in [1.807, 2.05) is 18.4 Å². The van der Waals surface area contributed by atoms with Crippen molar-refractivity contribution in [3.63, 3.8) is 0 Å². The Balaban J connectivity index is 1.76. The van der Waals surface area contributed by atoms with Crippen molar-refractivity contribution in [3.05, 3.63) is 84.1 Å². The Hall–Kier alpha value is -2.54. The fourth-order valence-electron chi connectivity index (χ4n) is 2.74. The van der Waals surface area contributed by atoms with Crippen LogP contribution in [0.2, 0.25) is 0 Å². The van der Waals surface area contributed by atoms with Gasteiger partial charge in [-0.2, -0.15) is 0 Å². The minimum absolute atomic E-state index is 0.905. The molecule has 0 radical (unpaired) electrons. The van der Waals surface area contributed by atoms with Gasteiger partial charge in [-0.15, -0.1) is 0 Å². The predicted molar refractivity (Wildman–Crippen MR) is 83.0 cm³/mol. The molecule has 1 aromatic heterocycles. The fraction of sp³-hybridized carbons (Fsp3) is 0.0526. The molecule has 0 aliphatic rings. The maximum absolute atomic E-state index is 5.61. The summed E-state index contributed by atoms with van der Waals surface area (Å²) in [5.74, 6) is 0. The highest BCUT2D eigenvalue weighted by Gasteiger charge is 2.06. The van der Waals surface area contributed by atoms with E-state index in [9.17, 15) is 0 Å². The number of benzene rings is 3. The van der Waals surface area contributed by atoms with Gasteiger partial charge in [0.1, 0.15) is 5.58 Å². The van der Waals surface area contributed by atoms with Gasteiger partial charge < -0.3 is 4.42 Å². The number of fused-ring (bicyclic) bond motifs is 2. The van der Waals surface area contributed by atoms with Crippen molar-refractivity contribution in [3.8, 4) is 0 Å². The first-order valence-electron chi connectivity index (χ1n) is 6.83. The van der Waals surface area contributed by atoms with E-state index < -0.39 is 0 Å². The molecule has 0 saturated heterocycles. The van der Waals surface area contributed by atoms with Crippen LogP contribution in [0.15, 0.2) is 77.4 Å². The summed E-state index contributed by atoms with van der Waals surface area (Å²) in [4.78, 5) is 0. The van der Waals surface area contributed by atoms with Crippen LogP contribution in [-0.2, 0) is 6.42 Å². The Bertz CT molecular complexity index is 886. The first kappa shape index (κ1) is 11.3. The molecule has 1 heteroatoms. The normalized spacial score (nSPS) is 11.2. The molecule has 4 rings (SSSR count). The van der Waals surface area contributed by atoms with Crippen LogP contribution in [0.4, 0.5) is 0 Å². The molecule has 0 aliphatic carbocycles. The van der Waals surface area contributed by atoms with Crippen LogP contribution in [0.1, 0.15) is 11.1 Å². The number of hydrogen-bond donors (Lipinski definition) is 0. The Morgan fingerprint density at radius 3 is 2.50 bits per heavy atom. The van der Waals surface area contributed by atoms with Crippen LogP contribution in [0.25, 0.3) is 21.7 Å². The van der Waals surface area contributed by atoms with E-state index in [0.29, 0.717) is 0 Å². The van der Waals surface area contributed by atoms with Gasteiger partial charge >= 0.3 is 0 Å². The van der Waals surface area contributed by atoms with Gasteiger partial charge in [0.2, 0.25) is 0 Å². The molecule has 4 aromatic rings. The van der Waals surface area contributed by atoms with E-state index in [4.69, 9.17) is 4.42 Å². The van der Waals surface area contributed by atoms with Gasteiger partial charge in [-0.05, 0) is 22.4 Å². The number of para-hydroxylation sites is 1. The first-order valence-corrected chi connectivity index (χ1v) is 6.83. The van der Waals surface area contributed by atoms with Gasteiger partial charge in [0.15, 0.2) is 0 Å². The van der Waals surface area contributed by atoms with E-state index in [2.05, 4.69) is 54.6 Å². The molecular weight excluding hydrogens is 244 g/mol. The molecule has 0 amide bonds. The molecule has 20 heavy (non-hydrogen) atoms. The van der Waals surface area contributed by atoms with Gasteiger partial charge in [0, 0.05) is 17.4 Å². The minimum Gasteiger partial charge on any atom is -0.464 e. The standard InChI is InChI=1S/C19H14O/c1-2-6-16-11-14(9-10-15(16)5-1)12-17-13-20-19-8-4-3-7-18(17)19/h1-11,13H,12H2. The third-order valence-electron chi connectivity index (χ3n) is 3.77. The number of hydrogen-bond acceptors (Lipinski definition) is 1. The highest BCUT2D eigenvalue weighted by Crippen LogP contribution is 2.24. The topological polar surface area (TPSA) is 13.1 Å². The van der Waals surface area contributed by atoms with E-state index in [0.717, 1.165) is 12.0 Å². The fourth-order valence-corrected chi connectivity index (χ4v) is 2.74. The van der Waals surface area contributed by atoms with Crippen molar-refractivity contribution in [1.29, 1.82) is 0 Å². The van der Waals surface area contributed by atoms with Crippen LogP contribution in [0.3, 0.4) is 0 Å². The van der Waals surface area contributed by atoms with Crippen LogP contribution < -0.4 is 0 Å². The van der Waals surface area contributed by atoms with Crippen LogP contribution in [-0.4, -0.2) is 0 Å². The van der Waals surface area contributed by atoms with Crippen molar-refractivity contribution < 1.29 is 4.42 Å². The van der Waals surface area contributed by atoms with Gasteiger partial charge in [-0.3, -0.25) is 0 Å². The Morgan fingerprint density at radius 1 is 0.750 bits per heavy atom. The maximum Gasteiger partial charge on any atom is 0.134 e. The van der Waals surface area contributed by atoms with Gasteiger partial charge in [-0.1, -0.05) is 60.7 Å². The lowest BCUT2D eigenvalue weighted by atomic mass is 10.0. The molecule has 3 aromatic carbocycles. The lowest BCUT2D eigenvalue weighted by Gasteiger charge is -2.03. The van der Waals surface area contributed by atoms with Crippen LogP contribution in [0, 0.1) is 0 Å². The summed E-state index contributed by atoms with van der Waals surface area (Å²) in [5, 5.41) is 3.78. The lowest BCUT2D eigenvalue weighted by molar-refractivity contribution is 0.611. The molecule has 0 saturated carbocycles. The third-order valence-corrected chi connectivity index (χ3v) is 3.77. The average Bonchev–Trinajstić information content (AvgIpc) is 2.91. The highest BCUT2D eigenvalue weighted by molar-refractivity contribution is 5.84. The van der Waals surface area contributed by atoms with Gasteiger partial charge in [0.05, 0.1) is 6.26 Å². The quantitative estimate of drug-likeness (QED) is 0.483. The monoisotopic (exact) mass is 258 g/mol. The molecule has 96 valence electrons. The number of rotatable bonds is 2. The Kier molecular flexibility index (Phi) is 2.56. The maximum atomic E-state index is 5.61. The first-order chi connectivity index (χ1) is 9.90. The number of furan rings is 1. The predicted octanol–water partition coefficient (Wildman–Crippen LogP) is 5.18. The second-order valence-electron chi connectivity index (χ2n) is 5.12. The largest absolute Gasteiger partial charge is 0.464 e. The smallest absolute Gasteiger partial charge is 0.134 e. The van der Waals surface area contributed by atoms with Crippen molar-refractivity contribution >= 4 is 21.7 Å². The molecule has 0 atom stereocenters. The van der Waals surface area contributed by atoms with E-state index in [1.54, 1.807) is 0 Å². The summed E-state index contributed by atoms with van der Waals surface area (Å²) in [6, 6.07) is 23.3. The van der Waals surface area contributed by atoms with Crippen molar-refractivity contribution in [1.82, 2.24) is 0 Å². The summed E-state index contributed by atoms with van der Waals surface area (Å²) in [6.07, 6.45) is 2.78. The third kappa shape index (κ3) is 1.88. The summed E-state index contributed by atoms with van der Waals surface area (Å²) in [5.41, 5.74) is 3.52. The van der Waals surface area contributed by atoms with Crippen molar-refractivity contribution in [2.75, 3.05) is 0 Å². The zero-order chi connectivity index (χ0) is 13.4. The zero-order valence-electron chi connectivity index (χ0n) is 11.0. The highest BCUT2D eigenvalue weighted by atomic mass is 16.3. The van der Waals surface area contributed by atoms with Crippen molar-refractivity contribution in [2.24, 2.45) is 0 Å². The van der Waals surface area contributed by atoms with E-state index in [-0.39, 0.29) is 0 Å². The van der Waals surface area contributed by atoms with Crippen molar-refractivity contribution in [2.45, 2.75) is 6.42 Å². The van der Waals surface area contributed by atoms with E-state index >= 15 is 0 Å². The molecule has 0 spiro atoms. The summed E-state index contributed by atoms with van der Waals surface area (Å²) in [6.45, 7) is 0. The minimum atomic E-state index is 0.905.